The van der Waals surface area contributed by atoms with E-state index < -0.39 is 0 Å². The molecule has 2 aliphatic rings. The molecule has 3 heterocycles. The van der Waals surface area contributed by atoms with Gasteiger partial charge in [-0.2, -0.15) is 5.10 Å². The Labute approximate surface area is 131 Å². The second kappa shape index (κ2) is 7.74. The van der Waals surface area contributed by atoms with Crippen LogP contribution in [0.15, 0.2) is 12.4 Å². The van der Waals surface area contributed by atoms with Crippen LogP contribution in [0.25, 0.3) is 0 Å². The summed E-state index contributed by atoms with van der Waals surface area (Å²) in [5, 5.41) is 6.70. The molecule has 1 amide bonds. The van der Waals surface area contributed by atoms with Crippen LogP contribution >= 0.6 is 0 Å². The molecule has 1 atom stereocenters. The van der Waals surface area contributed by atoms with Gasteiger partial charge in [-0.3, -0.25) is 14.8 Å². The average Bonchev–Trinajstić information content (AvgIpc) is 3.24. The number of rotatable bonds is 6. The van der Waals surface area contributed by atoms with E-state index in [2.05, 4.69) is 15.1 Å². The third-order valence-electron chi connectivity index (χ3n) is 4.78. The lowest BCUT2D eigenvalue weighted by molar-refractivity contribution is -0.132. The molecule has 0 aromatic carbocycles. The summed E-state index contributed by atoms with van der Waals surface area (Å²) >= 11 is 0. The summed E-state index contributed by atoms with van der Waals surface area (Å²) in [5.41, 5.74) is 1.10. The Morgan fingerprint density at radius 1 is 1.36 bits per heavy atom. The zero-order chi connectivity index (χ0) is 15.2. The normalized spacial score (nSPS) is 23.1. The molecule has 0 spiro atoms. The third-order valence-corrected chi connectivity index (χ3v) is 4.78. The van der Waals surface area contributed by atoms with Crippen molar-refractivity contribution in [1.82, 2.24) is 20.0 Å². The Bertz CT molecular complexity index is 449. The predicted molar refractivity (Wildman–Crippen MR) is 83.5 cm³/mol. The SMILES string of the molecule is O=C(CCc1cn[nH]c1)N1CCN(CCC2CCOC2)CC1. The minimum atomic E-state index is 0.269. The van der Waals surface area contributed by atoms with Crippen molar-refractivity contribution in [3.8, 4) is 0 Å². The van der Waals surface area contributed by atoms with Crippen molar-refractivity contribution >= 4 is 5.91 Å². The van der Waals surface area contributed by atoms with Crippen molar-refractivity contribution in [3.05, 3.63) is 18.0 Å². The van der Waals surface area contributed by atoms with Crippen LogP contribution in [0.5, 0.6) is 0 Å². The van der Waals surface area contributed by atoms with Crippen LogP contribution in [-0.2, 0) is 16.0 Å². The summed E-state index contributed by atoms with van der Waals surface area (Å²) in [4.78, 5) is 16.7. The highest BCUT2D eigenvalue weighted by atomic mass is 16.5. The molecule has 0 saturated carbocycles. The summed E-state index contributed by atoms with van der Waals surface area (Å²) < 4.78 is 5.42. The van der Waals surface area contributed by atoms with E-state index in [1.54, 1.807) is 6.20 Å². The van der Waals surface area contributed by atoms with Crippen molar-refractivity contribution in [1.29, 1.82) is 0 Å². The maximum Gasteiger partial charge on any atom is 0.222 e. The van der Waals surface area contributed by atoms with Gasteiger partial charge in [-0.15, -0.1) is 0 Å². The van der Waals surface area contributed by atoms with Crippen molar-refractivity contribution in [2.75, 3.05) is 45.9 Å². The molecule has 2 aliphatic heterocycles. The van der Waals surface area contributed by atoms with Gasteiger partial charge in [0.05, 0.1) is 6.20 Å². The molecule has 0 radical (unpaired) electrons. The van der Waals surface area contributed by atoms with Gasteiger partial charge in [-0.25, -0.2) is 0 Å². The molecule has 1 unspecified atom stereocenters. The molecule has 0 bridgehead atoms. The lowest BCUT2D eigenvalue weighted by Crippen LogP contribution is -2.49. The van der Waals surface area contributed by atoms with Gasteiger partial charge in [0.2, 0.25) is 5.91 Å². The first-order valence-corrected chi connectivity index (χ1v) is 8.37. The fourth-order valence-corrected chi connectivity index (χ4v) is 3.22. The summed E-state index contributed by atoms with van der Waals surface area (Å²) in [5.74, 6) is 1.01. The van der Waals surface area contributed by atoms with E-state index in [4.69, 9.17) is 4.74 Å². The molecule has 6 heteroatoms. The molecule has 1 aromatic heterocycles. The van der Waals surface area contributed by atoms with Crippen molar-refractivity contribution < 1.29 is 9.53 Å². The summed E-state index contributed by atoms with van der Waals surface area (Å²) in [6.07, 6.45) is 7.45. The quantitative estimate of drug-likeness (QED) is 0.849. The average molecular weight is 306 g/mol. The van der Waals surface area contributed by atoms with Gasteiger partial charge in [0, 0.05) is 52.0 Å². The van der Waals surface area contributed by atoms with Gasteiger partial charge in [0.15, 0.2) is 0 Å². The number of aromatic amines is 1. The van der Waals surface area contributed by atoms with Crippen molar-refractivity contribution in [2.45, 2.75) is 25.7 Å². The Balaban J connectivity index is 1.33. The topological polar surface area (TPSA) is 61.5 Å². The number of aromatic nitrogens is 2. The van der Waals surface area contributed by atoms with E-state index in [1.165, 1.54) is 12.8 Å². The zero-order valence-corrected chi connectivity index (χ0v) is 13.2. The van der Waals surface area contributed by atoms with Gasteiger partial charge in [0.25, 0.3) is 0 Å². The highest BCUT2D eigenvalue weighted by Crippen LogP contribution is 2.17. The summed E-state index contributed by atoms with van der Waals surface area (Å²) in [6, 6.07) is 0. The number of H-pyrrole nitrogens is 1. The van der Waals surface area contributed by atoms with E-state index in [0.717, 1.165) is 63.8 Å². The van der Waals surface area contributed by atoms with Crippen LogP contribution in [0.2, 0.25) is 0 Å². The molecule has 2 fully saturated rings. The standard InChI is InChI=1S/C16H26N4O2/c21-16(2-1-15-11-17-18-12-15)20-8-6-19(7-9-20)5-3-14-4-10-22-13-14/h11-12,14H,1-10,13H2,(H,17,18). The molecule has 2 saturated heterocycles. The van der Waals surface area contributed by atoms with E-state index in [1.807, 2.05) is 11.1 Å². The van der Waals surface area contributed by atoms with Crippen molar-refractivity contribution in [2.24, 2.45) is 5.92 Å². The fraction of sp³-hybridized carbons (Fsp3) is 0.750. The van der Waals surface area contributed by atoms with Crippen LogP contribution in [-0.4, -0.2) is 71.8 Å². The fourth-order valence-electron chi connectivity index (χ4n) is 3.22. The van der Waals surface area contributed by atoms with Gasteiger partial charge in [-0.1, -0.05) is 0 Å². The van der Waals surface area contributed by atoms with Gasteiger partial charge in [-0.05, 0) is 37.3 Å². The molecular weight excluding hydrogens is 280 g/mol. The molecule has 22 heavy (non-hydrogen) atoms. The predicted octanol–water partition coefficient (Wildman–Crippen LogP) is 0.913. The smallest absolute Gasteiger partial charge is 0.222 e. The maximum absolute atomic E-state index is 12.2. The van der Waals surface area contributed by atoms with E-state index in [0.29, 0.717) is 6.42 Å². The van der Waals surface area contributed by atoms with Crippen molar-refractivity contribution in [3.63, 3.8) is 0 Å². The maximum atomic E-state index is 12.2. The first-order valence-electron chi connectivity index (χ1n) is 8.37. The number of aryl methyl sites for hydroxylation is 1. The molecule has 6 nitrogen and oxygen atoms in total. The van der Waals surface area contributed by atoms with E-state index in [-0.39, 0.29) is 5.91 Å². The van der Waals surface area contributed by atoms with Crippen LogP contribution in [0.3, 0.4) is 0 Å². The number of piperazine rings is 1. The van der Waals surface area contributed by atoms with E-state index in [9.17, 15) is 4.79 Å². The highest BCUT2D eigenvalue weighted by molar-refractivity contribution is 5.76. The Morgan fingerprint density at radius 3 is 2.91 bits per heavy atom. The largest absolute Gasteiger partial charge is 0.381 e. The Morgan fingerprint density at radius 2 is 2.23 bits per heavy atom. The highest BCUT2D eigenvalue weighted by Gasteiger charge is 2.22. The van der Waals surface area contributed by atoms with Gasteiger partial charge >= 0.3 is 0 Å². The number of nitrogens with zero attached hydrogens (tertiary/aromatic N) is 3. The van der Waals surface area contributed by atoms with E-state index >= 15 is 0 Å². The molecule has 1 N–H and O–H groups in total. The molecule has 0 aliphatic carbocycles. The number of hydrogen-bond acceptors (Lipinski definition) is 4. The molecular formula is C16H26N4O2. The lowest BCUT2D eigenvalue weighted by Gasteiger charge is -2.35. The molecule has 1 aromatic rings. The van der Waals surface area contributed by atoms with Gasteiger partial charge < -0.3 is 9.64 Å². The minimum absolute atomic E-state index is 0.269. The number of carbonyl (C=O) groups is 1. The van der Waals surface area contributed by atoms with Crippen LogP contribution in [0.4, 0.5) is 0 Å². The Kier molecular flexibility index (Phi) is 5.45. The number of hydrogen-bond donors (Lipinski definition) is 1. The summed E-state index contributed by atoms with van der Waals surface area (Å²) in [7, 11) is 0. The monoisotopic (exact) mass is 306 g/mol. The van der Waals surface area contributed by atoms with Crippen LogP contribution < -0.4 is 0 Å². The first-order chi connectivity index (χ1) is 10.8. The van der Waals surface area contributed by atoms with Crippen LogP contribution in [0.1, 0.15) is 24.8 Å². The lowest BCUT2D eigenvalue weighted by atomic mass is 10.0. The second-order valence-corrected chi connectivity index (χ2v) is 6.35. The van der Waals surface area contributed by atoms with Crippen LogP contribution in [0, 0.1) is 5.92 Å². The second-order valence-electron chi connectivity index (χ2n) is 6.35. The molecule has 3 rings (SSSR count). The third kappa shape index (κ3) is 4.30. The number of carbonyl (C=O) groups excluding carboxylic acids is 1. The number of ether oxygens (including phenoxy) is 1. The zero-order valence-electron chi connectivity index (χ0n) is 13.2. The van der Waals surface area contributed by atoms with Gasteiger partial charge in [0.1, 0.15) is 0 Å². The number of nitrogens with one attached hydrogen (secondary N) is 1. The molecule has 122 valence electrons. The first kappa shape index (κ1) is 15.5. The minimum Gasteiger partial charge on any atom is -0.381 e. The summed E-state index contributed by atoms with van der Waals surface area (Å²) in [6.45, 7) is 6.76. The number of amides is 1. The Hall–Kier alpha value is -1.40.